The van der Waals surface area contributed by atoms with Crippen molar-refractivity contribution in [3.05, 3.63) is 23.1 Å². The Labute approximate surface area is 77.5 Å². The SMILES string of the molecule is CC1=NC(C)=C(/C=C(/C)O)C1C=O. The van der Waals surface area contributed by atoms with Crippen LogP contribution in [0.1, 0.15) is 20.8 Å². The Morgan fingerprint density at radius 2 is 2.15 bits per heavy atom. The molecule has 70 valence electrons. The molecule has 0 amide bonds. The molecule has 1 atom stereocenters. The number of aliphatic hydroxyl groups excluding tert-OH is 1. The average molecular weight is 179 g/mol. The molecule has 3 heteroatoms. The Kier molecular flexibility index (Phi) is 2.66. The molecule has 0 bridgehead atoms. The Morgan fingerprint density at radius 1 is 1.54 bits per heavy atom. The zero-order valence-electron chi connectivity index (χ0n) is 8.03. The molecule has 1 rings (SSSR count). The van der Waals surface area contributed by atoms with Crippen LogP contribution in [0.25, 0.3) is 0 Å². The molecule has 0 saturated heterocycles. The molecule has 0 saturated carbocycles. The van der Waals surface area contributed by atoms with Gasteiger partial charge in [-0.2, -0.15) is 0 Å². The lowest BCUT2D eigenvalue weighted by molar-refractivity contribution is -0.108. The Hall–Kier alpha value is -1.38. The second-order valence-electron chi connectivity index (χ2n) is 3.19. The summed E-state index contributed by atoms with van der Waals surface area (Å²) < 4.78 is 0. The maximum absolute atomic E-state index is 10.7. The number of nitrogens with zero attached hydrogens (tertiary/aromatic N) is 1. The highest BCUT2D eigenvalue weighted by molar-refractivity contribution is 6.02. The summed E-state index contributed by atoms with van der Waals surface area (Å²) in [7, 11) is 0. The van der Waals surface area contributed by atoms with Gasteiger partial charge < -0.3 is 9.90 Å². The molecule has 0 aromatic heterocycles. The standard InChI is InChI=1S/C10H13NO2/c1-6(13)4-9-7(2)11-8(3)10(9)5-12/h4-5,10,13H,1-3H3/b6-4-. The molecule has 0 aromatic carbocycles. The Bertz CT molecular complexity index is 320. The molecule has 1 aliphatic heterocycles. The largest absolute Gasteiger partial charge is 0.513 e. The van der Waals surface area contributed by atoms with E-state index < -0.39 is 0 Å². The normalized spacial score (nSPS) is 23.5. The van der Waals surface area contributed by atoms with Crippen molar-refractivity contribution < 1.29 is 9.90 Å². The van der Waals surface area contributed by atoms with E-state index in [4.69, 9.17) is 5.11 Å². The van der Waals surface area contributed by atoms with Gasteiger partial charge in [-0.1, -0.05) is 0 Å². The van der Waals surface area contributed by atoms with Gasteiger partial charge in [-0.25, -0.2) is 0 Å². The van der Waals surface area contributed by atoms with Gasteiger partial charge in [0.1, 0.15) is 6.29 Å². The first-order valence-corrected chi connectivity index (χ1v) is 4.14. The minimum absolute atomic E-state index is 0.200. The maximum Gasteiger partial charge on any atom is 0.133 e. The van der Waals surface area contributed by atoms with E-state index in [1.54, 1.807) is 13.0 Å². The van der Waals surface area contributed by atoms with Gasteiger partial charge in [0, 0.05) is 11.4 Å². The zero-order chi connectivity index (χ0) is 10.0. The lowest BCUT2D eigenvalue weighted by Gasteiger charge is -2.04. The highest BCUT2D eigenvalue weighted by Gasteiger charge is 2.23. The summed E-state index contributed by atoms with van der Waals surface area (Å²) in [6.45, 7) is 5.23. The van der Waals surface area contributed by atoms with Crippen molar-refractivity contribution in [3.8, 4) is 0 Å². The Balaban J connectivity index is 3.05. The quantitative estimate of drug-likeness (QED) is 0.520. The fourth-order valence-corrected chi connectivity index (χ4v) is 1.44. The number of carbonyl (C=O) groups is 1. The van der Waals surface area contributed by atoms with E-state index in [2.05, 4.69) is 4.99 Å². The van der Waals surface area contributed by atoms with Crippen LogP contribution < -0.4 is 0 Å². The third-order valence-electron chi connectivity index (χ3n) is 2.05. The number of hydrogen-bond donors (Lipinski definition) is 1. The van der Waals surface area contributed by atoms with E-state index in [0.717, 1.165) is 23.3 Å². The van der Waals surface area contributed by atoms with E-state index in [9.17, 15) is 4.79 Å². The predicted molar refractivity (Wildman–Crippen MR) is 51.7 cm³/mol. The summed E-state index contributed by atoms with van der Waals surface area (Å²) in [6, 6.07) is 0. The molecule has 1 unspecified atom stereocenters. The lowest BCUT2D eigenvalue weighted by atomic mass is 9.97. The zero-order valence-corrected chi connectivity index (χ0v) is 8.03. The number of aliphatic hydroxyl groups is 1. The molecular formula is C10H13NO2. The number of aldehydes is 1. The molecule has 0 aromatic rings. The van der Waals surface area contributed by atoms with Gasteiger partial charge in [0.2, 0.25) is 0 Å². The van der Waals surface area contributed by atoms with Crippen LogP contribution in [0.4, 0.5) is 0 Å². The van der Waals surface area contributed by atoms with Gasteiger partial charge >= 0.3 is 0 Å². The van der Waals surface area contributed by atoms with Crippen molar-refractivity contribution in [3.63, 3.8) is 0 Å². The van der Waals surface area contributed by atoms with Gasteiger partial charge in [0.05, 0.1) is 11.7 Å². The van der Waals surface area contributed by atoms with Crippen LogP contribution in [-0.4, -0.2) is 17.1 Å². The van der Waals surface area contributed by atoms with Crippen LogP contribution in [0.2, 0.25) is 0 Å². The molecule has 1 heterocycles. The van der Waals surface area contributed by atoms with E-state index in [-0.39, 0.29) is 11.7 Å². The van der Waals surface area contributed by atoms with E-state index >= 15 is 0 Å². The minimum Gasteiger partial charge on any atom is -0.513 e. The fourth-order valence-electron chi connectivity index (χ4n) is 1.44. The van der Waals surface area contributed by atoms with Crippen LogP contribution in [0.5, 0.6) is 0 Å². The van der Waals surface area contributed by atoms with E-state index in [1.807, 2.05) is 13.8 Å². The molecule has 13 heavy (non-hydrogen) atoms. The number of aliphatic imine (C=N–C) groups is 1. The van der Waals surface area contributed by atoms with Gasteiger partial charge in [-0.15, -0.1) is 0 Å². The van der Waals surface area contributed by atoms with Gasteiger partial charge in [-0.3, -0.25) is 4.99 Å². The molecule has 0 spiro atoms. The third-order valence-corrected chi connectivity index (χ3v) is 2.05. The Morgan fingerprint density at radius 3 is 2.62 bits per heavy atom. The maximum atomic E-state index is 10.7. The van der Waals surface area contributed by atoms with Crippen LogP contribution >= 0.6 is 0 Å². The molecule has 1 aliphatic rings. The number of hydrogen-bond acceptors (Lipinski definition) is 3. The molecule has 1 N–H and O–H groups in total. The first-order valence-electron chi connectivity index (χ1n) is 4.14. The number of allylic oxidation sites excluding steroid dienone is 4. The third kappa shape index (κ3) is 1.86. The van der Waals surface area contributed by atoms with Crippen molar-refractivity contribution in [1.82, 2.24) is 0 Å². The van der Waals surface area contributed by atoms with Crippen molar-refractivity contribution in [2.75, 3.05) is 0 Å². The first-order chi connectivity index (χ1) is 6.06. The number of rotatable bonds is 2. The van der Waals surface area contributed by atoms with Crippen LogP contribution in [-0.2, 0) is 4.79 Å². The van der Waals surface area contributed by atoms with Gasteiger partial charge in [0.25, 0.3) is 0 Å². The summed E-state index contributed by atoms with van der Waals surface area (Å²) >= 11 is 0. The summed E-state index contributed by atoms with van der Waals surface area (Å²) in [6.07, 6.45) is 2.44. The first kappa shape index (κ1) is 9.71. The predicted octanol–water partition coefficient (Wildman–Crippen LogP) is 2.01. The average Bonchev–Trinajstić information content (AvgIpc) is 2.26. The second-order valence-corrected chi connectivity index (χ2v) is 3.19. The monoisotopic (exact) mass is 179 g/mol. The van der Waals surface area contributed by atoms with Crippen LogP contribution in [0, 0.1) is 5.92 Å². The van der Waals surface area contributed by atoms with Crippen LogP contribution in [0.3, 0.4) is 0 Å². The van der Waals surface area contributed by atoms with Crippen LogP contribution in [0.15, 0.2) is 28.1 Å². The summed E-state index contributed by atoms with van der Waals surface area (Å²) in [5.74, 6) is -0.0757. The summed E-state index contributed by atoms with van der Waals surface area (Å²) in [5, 5.41) is 9.09. The van der Waals surface area contributed by atoms with Gasteiger partial charge in [-0.05, 0) is 32.4 Å². The highest BCUT2D eigenvalue weighted by Crippen LogP contribution is 2.25. The molecule has 0 radical (unpaired) electrons. The summed E-state index contributed by atoms with van der Waals surface area (Å²) in [5.41, 5.74) is 2.40. The molecule has 0 aliphatic carbocycles. The fraction of sp³-hybridized carbons (Fsp3) is 0.400. The topological polar surface area (TPSA) is 49.7 Å². The van der Waals surface area contributed by atoms with Crippen molar-refractivity contribution >= 4 is 12.0 Å². The van der Waals surface area contributed by atoms with Crippen molar-refractivity contribution in [1.29, 1.82) is 0 Å². The smallest absolute Gasteiger partial charge is 0.133 e. The van der Waals surface area contributed by atoms with E-state index in [1.165, 1.54) is 0 Å². The molecule has 3 nitrogen and oxygen atoms in total. The molecule has 0 fully saturated rings. The second kappa shape index (κ2) is 3.56. The van der Waals surface area contributed by atoms with E-state index in [0.29, 0.717) is 0 Å². The van der Waals surface area contributed by atoms with Gasteiger partial charge in [0.15, 0.2) is 0 Å². The van der Waals surface area contributed by atoms with Crippen molar-refractivity contribution in [2.24, 2.45) is 10.9 Å². The highest BCUT2D eigenvalue weighted by atomic mass is 16.3. The number of carbonyl (C=O) groups excluding carboxylic acids is 1. The lowest BCUT2D eigenvalue weighted by Crippen LogP contribution is -2.10. The van der Waals surface area contributed by atoms with Crippen molar-refractivity contribution in [2.45, 2.75) is 20.8 Å². The summed E-state index contributed by atoms with van der Waals surface area (Å²) in [4.78, 5) is 14.9. The molecular weight excluding hydrogens is 166 g/mol. The minimum atomic E-state index is -0.276.